The molecule has 0 fully saturated rings. The fraction of sp³-hybridized carbons (Fsp3) is 0.300. The van der Waals surface area contributed by atoms with Gasteiger partial charge >= 0.3 is 0 Å². The summed E-state index contributed by atoms with van der Waals surface area (Å²) in [6, 6.07) is 22.9. The van der Waals surface area contributed by atoms with E-state index in [1.54, 1.807) is 0 Å². The van der Waals surface area contributed by atoms with Gasteiger partial charge in [0.15, 0.2) is 6.20 Å². The van der Waals surface area contributed by atoms with Gasteiger partial charge in [0.05, 0.1) is 0 Å². The van der Waals surface area contributed by atoms with E-state index in [0.29, 0.717) is 0 Å². The standard InChI is InChI=1S/C30H32N/c1-19-12-13-28(31(7)18-19)23-17-27-24(14-20(23)2)25-15-21-10-8-9-11-22(21)16-26(25)29(3,4)30(27,5)6/h8-18H,1-7H3/q+1. The number of hydrogen-bond donors (Lipinski definition) is 0. The number of rotatable bonds is 1. The highest BCUT2D eigenvalue weighted by Crippen LogP contribution is 2.55. The van der Waals surface area contributed by atoms with Crippen LogP contribution in [0.2, 0.25) is 0 Å². The van der Waals surface area contributed by atoms with Gasteiger partial charge in [0.2, 0.25) is 5.69 Å². The van der Waals surface area contributed by atoms with Crippen LogP contribution in [0.4, 0.5) is 0 Å². The Morgan fingerprint density at radius 2 is 1.23 bits per heavy atom. The van der Waals surface area contributed by atoms with Crippen LogP contribution in [0.1, 0.15) is 49.9 Å². The molecule has 0 saturated carbocycles. The summed E-state index contributed by atoms with van der Waals surface area (Å²) in [6.45, 7) is 14.1. The Labute approximate surface area is 186 Å². The average molecular weight is 407 g/mol. The molecule has 0 unspecified atom stereocenters. The fourth-order valence-corrected chi connectivity index (χ4v) is 5.40. The van der Waals surface area contributed by atoms with E-state index >= 15 is 0 Å². The third-order valence-electron chi connectivity index (χ3n) is 8.01. The van der Waals surface area contributed by atoms with Crippen LogP contribution in [-0.4, -0.2) is 0 Å². The summed E-state index contributed by atoms with van der Waals surface area (Å²) in [6.07, 6.45) is 2.21. The van der Waals surface area contributed by atoms with Crippen molar-refractivity contribution in [3.05, 3.63) is 89.1 Å². The number of benzene rings is 3. The SMILES string of the molecule is Cc1ccc(-c2cc3c(cc2C)-c2cc4ccccc4cc2C(C)(C)C3(C)C)[n+](C)c1. The Kier molecular flexibility index (Phi) is 4.21. The number of nitrogens with zero attached hydrogens (tertiary/aromatic N) is 1. The predicted molar refractivity (Wildman–Crippen MR) is 132 cm³/mol. The van der Waals surface area contributed by atoms with E-state index < -0.39 is 0 Å². The minimum Gasteiger partial charge on any atom is -0.201 e. The maximum absolute atomic E-state index is 2.47. The van der Waals surface area contributed by atoms with Gasteiger partial charge in [0, 0.05) is 17.2 Å². The van der Waals surface area contributed by atoms with Gasteiger partial charge in [-0.15, -0.1) is 0 Å². The van der Waals surface area contributed by atoms with Gasteiger partial charge in [-0.05, 0) is 87.5 Å². The highest BCUT2D eigenvalue weighted by Gasteiger charge is 2.46. The van der Waals surface area contributed by atoms with Crippen LogP contribution in [0.5, 0.6) is 0 Å². The number of hydrogen-bond acceptors (Lipinski definition) is 0. The Hall–Kier alpha value is -2.93. The minimum atomic E-state index is 0.00348. The number of fused-ring (bicyclic) bond motifs is 4. The molecule has 156 valence electrons. The van der Waals surface area contributed by atoms with Crippen molar-refractivity contribution in [1.29, 1.82) is 0 Å². The summed E-state index contributed by atoms with van der Waals surface area (Å²) in [4.78, 5) is 0. The van der Waals surface area contributed by atoms with Crippen molar-refractivity contribution in [2.45, 2.75) is 52.4 Å². The van der Waals surface area contributed by atoms with E-state index in [-0.39, 0.29) is 10.8 Å². The van der Waals surface area contributed by atoms with Gasteiger partial charge in [0.25, 0.3) is 0 Å². The second-order valence-corrected chi connectivity index (χ2v) is 10.4. The third kappa shape index (κ3) is 2.79. The molecular formula is C30H32N+. The summed E-state index contributed by atoms with van der Waals surface area (Å²) < 4.78 is 2.26. The Bertz CT molecular complexity index is 1350. The zero-order chi connectivity index (χ0) is 22.1. The quantitative estimate of drug-likeness (QED) is 0.295. The lowest BCUT2D eigenvalue weighted by Gasteiger charge is -2.48. The molecule has 1 aromatic heterocycles. The molecule has 31 heavy (non-hydrogen) atoms. The molecule has 1 aliphatic rings. The lowest BCUT2D eigenvalue weighted by atomic mass is 9.55. The van der Waals surface area contributed by atoms with Gasteiger partial charge in [-0.3, -0.25) is 0 Å². The van der Waals surface area contributed by atoms with Crippen molar-refractivity contribution in [3.8, 4) is 22.4 Å². The molecule has 0 radical (unpaired) electrons. The topological polar surface area (TPSA) is 3.88 Å². The summed E-state index contributed by atoms with van der Waals surface area (Å²) in [5, 5.41) is 2.64. The van der Waals surface area contributed by atoms with Crippen molar-refractivity contribution in [3.63, 3.8) is 0 Å². The highest BCUT2D eigenvalue weighted by atomic mass is 14.9. The highest BCUT2D eigenvalue weighted by molar-refractivity contribution is 5.92. The van der Waals surface area contributed by atoms with Crippen LogP contribution in [0.3, 0.4) is 0 Å². The van der Waals surface area contributed by atoms with Crippen LogP contribution in [0.25, 0.3) is 33.2 Å². The van der Waals surface area contributed by atoms with Crippen molar-refractivity contribution in [2.75, 3.05) is 0 Å². The van der Waals surface area contributed by atoms with E-state index in [2.05, 4.69) is 120 Å². The third-order valence-corrected chi connectivity index (χ3v) is 8.01. The first-order valence-corrected chi connectivity index (χ1v) is 11.3. The normalized spacial score (nSPS) is 16.1. The Morgan fingerprint density at radius 1 is 0.645 bits per heavy atom. The summed E-state index contributed by atoms with van der Waals surface area (Å²) in [5.74, 6) is 0. The van der Waals surface area contributed by atoms with Gasteiger partial charge in [0.1, 0.15) is 7.05 Å². The minimum absolute atomic E-state index is 0.00348. The zero-order valence-electron chi connectivity index (χ0n) is 19.8. The summed E-state index contributed by atoms with van der Waals surface area (Å²) >= 11 is 0. The van der Waals surface area contributed by atoms with E-state index in [1.807, 2.05) is 0 Å². The Morgan fingerprint density at radius 3 is 1.87 bits per heavy atom. The van der Waals surface area contributed by atoms with Crippen molar-refractivity contribution in [1.82, 2.24) is 0 Å². The van der Waals surface area contributed by atoms with Gasteiger partial charge in [-0.25, -0.2) is 4.57 Å². The second-order valence-electron chi connectivity index (χ2n) is 10.4. The van der Waals surface area contributed by atoms with E-state index in [1.165, 1.54) is 55.4 Å². The predicted octanol–water partition coefficient (Wildman–Crippen LogP) is 7.18. The average Bonchev–Trinajstić information content (AvgIpc) is 2.72. The van der Waals surface area contributed by atoms with Crippen molar-refractivity contribution in [2.24, 2.45) is 7.05 Å². The molecular weight excluding hydrogens is 374 g/mol. The van der Waals surface area contributed by atoms with E-state index in [0.717, 1.165) is 0 Å². The van der Waals surface area contributed by atoms with Crippen molar-refractivity contribution >= 4 is 10.8 Å². The first-order valence-electron chi connectivity index (χ1n) is 11.3. The fourth-order valence-electron chi connectivity index (χ4n) is 5.40. The lowest BCUT2D eigenvalue weighted by Crippen LogP contribution is -2.43. The van der Waals surface area contributed by atoms with Gasteiger partial charge in [-0.1, -0.05) is 58.0 Å². The molecule has 1 heteroatoms. The lowest BCUT2D eigenvalue weighted by molar-refractivity contribution is -0.660. The molecule has 3 aromatic carbocycles. The second kappa shape index (κ2) is 6.53. The number of aryl methyl sites for hydroxylation is 3. The van der Waals surface area contributed by atoms with Crippen LogP contribution in [0.15, 0.2) is 66.9 Å². The molecule has 0 N–H and O–H groups in total. The molecule has 1 heterocycles. The molecule has 0 saturated heterocycles. The van der Waals surface area contributed by atoms with Crippen LogP contribution < -0.4 is 4.57 Å². The number of aromatic nitrogens is 1. The van der Waals surface area contributed by atoms with E-state index in [4.69, 9.17) is 0 Å². The molecule has 1 aliphatic carbocycles. The molecule has 0 atom stereocenters. The van der Waals surface area contributed by atoms with Gasteiger partial charge in [-0.2, -0.15) is 0 Å². The van der Waals surface area contributed by atoms with E-state index in [9.17, 15) is 0 Å². The zero-order valence-corrected chi connectivity index (χ0v) is 19.8. The molecule has 4 aromatic rings. The van der Waals surface area contributed by atoms with Crippen LogP contribution in [-0.2, 0) is 17.9 Å². The largest absolute Gasteiger partial charge is 0.212 e. The van der Waals surface area contributed by atoms with Crippen LogP contribution >= 0.6 is 0 Å². The molecule has 0 amide bonds. The van der Waals surface area contributed by atoms with Gasteiger partial charge < -0.3 is 0 Å². The van der Waals surface area contributed by atoms with Crippen LogP contribution in [0, 0.1) is 13.8 Å². The summed E-state index contributed by atoms with van der Waals surface area (Å²) in [5.41, 5.74) is 10.9. The first kappa shape index (κ1) is 20.0. The molecule has 0 spiro atoms. The molecule has 0 bridgehead atoms. The number of pyridine rings is 1. The molecule has 1 nitrogen and oxygen atoms in total. The Balaban J connectivity index is 1.85. The van der Waals surface area contributed by atoms with Crippen molar-refractivity contribution < 1.29 is 4.57 Å². The molecule has 0 aliphatic heterocycles. The molecule has 5 rings (SSSR count). The first-order chi connectivity index (χ1) is 14.6. The monoisotopic (exact) mass is 406 g/mol. The summed E-state index contributed by atoms with van der Waals surface area (Å²) in [7, 11) is 2.15. The maximum atomic E-state index is 2.47. The smallest absolute Gasteiger partial charge is 0.201 e. The maximum Gasteiger partial charge on any atom is 0.212 e.